The molecule has 1 aromatic rings. The molecule has 53 valence electrons. The van der Waals surface area contributed by atoms with Crippen molar-refractivity contribution in [3.05, 3.63) is 34.4 Å². The highest BCUT2D eigenvalue weighted by Gasteiger charge is 1.95. The van der Waals surface area contributed by atoms with E-state index >= 15 is 0 Å². The molecular weight excluding hydrogens is 120 g/mol. The Hall–Kier alpha value is -0.780. The van der Waals surface area contributed by atoms with E-state index in [1.807, 2.05) is 0 Å². The van der Waals surface area contributed by atoms with Gasteiger partial charge in [0.1, 0.15) is 0 Å². The second-order valence-electron chi connectivity index (χ2n) is 2.89. The number of hydrogen-bond donors (Lipinski definition) is 0. The fraction of sp³-hybridized carbons (Fsp3) is 0.400. The van der Waals surface area contributed by atoms with E-state index in [0.29, 0.717) is 0 Å². The van der Waals surface area contributed by atoms with E-state index in [9.17, 15) is 0 Å². The Morgan fingerprint density at radius 3 is 1.60 bits per heavy atom. The second-order valence-corrected chi connectivity index (χ2v) is 2.89. The van der Waals surface area contributed by atoms with E-state index in [4.69, 9.17) is 0 Å². The van der Waals surface area contributed by atoms with Crippen LogP contribution in [0.3, 0.4) is 0 Å². The van der Waals surface area contributed by atoms with E-state index in [0.717, 1.165) is 0 Å². The first-order chi connectivity index (χ1) is 4.61. The molecule has 0 atom stereocenters. The molecule has 0 nitrogen and oxygen atoms in total. The summed E-state index contributed by atoms with van der Waals surface area (Å²) in [6, 6.07) is 5.52. The summed E-state index contributed by atoms with van der Waals surface area (Å²) in [6.07, 6.45) is 0. The molecule has 1 aromatic carbocycles. The first-order valence-corrected chi connectivity index (χ1v) is 3.58. The lowest BCUT2D eigenvalue weighted by atomic mass is 10.0. The Morgan fingerprint density at radius 2 is 1.30 bits per heavy atom. The van der Waals surface area contributed by atoms with Crippen molar-refractivity contribution in [3.63, 3.8) is 0 Å². The van der Waals surface area contributed by atoms with Crippen LogP contribution in [0, 0.1) is 33.8 Å². The van der Waals surface area contributed by atoms with Crippen LogP contribution in [-0.4, -0.2) is 0 Å². The highest BCUT2D eigenvalue weighted by atomic mass is 14.0. The molecule has 0 amide bonds. The molecule has 0 spiro atoms. The van der Waals surface area contributed by atoms with E-state index < -0.39 is 0 Å². The first-order valence-electron chi connectivity index (χ1n) is 3.58. The lowest BCUT2D eigenvalue weighted by Gasteiger charge is -2.03. The lowest BCUT2D eigenvalue weighted by Crippen LogP contribution is -1.86. The molecule has 0 fully saturated rings. The molecule has 0 aliphatic carbocycles. The topological polar surface area (TPSA) is 0 Å². The third-order valence-corrected chi connectivity index (χ3v) is 1.99. The van der Waals surface area contributed by atoms with Gasteiger partial charge in [0.15, 0.2) is 0 Å². The van der Waals surface area contributed by atoms with Crippen molar-refractivity contribution in [2.75, 3.05) is 0 Å². The maximum Gasteiger partial charge on any atom is -0.0115 e. The van der Waals surface area contributed by atoms with Crippen LogP contribution in [0.25, 0.3) is 0 Å². The Labute approximate surface area is 62.9 Å². The fourth-order valence-corrected chi connectivity index (χ4v) is 1.02. The van der Waals surface area contributed by atoms with Gasteiger partial charge in [0.2, 0.25) is 0 Å². The summed E-state index contributed by atoms with van der Waals surface area (Å²) in [5, 5.41) is 0. The van der Waals surface area contributed by atoms with Crippen LogP contribution < -0.4 is 0 Å². The molecule has 0 aliphatic heterocycles. The first kappa shape index (κ1) is 7.33. The Bertz CT molecular complexity index is 196. The maximum absolute atomic E-state index is 3.31. The van der Waals surface area contributed by atoms with Crippen molar-refractivity contribution < 1.29 is 0 Å². The van der Waals surface area contributed by atoms with Gasteiger partial charge in [0.25, 0.3) is 0 Å². The molecule has 0 aliphatic rings. The van der Waals surface area contributed by atoms with E-state index in [1.165, 1.54) is 22.3 Å². The molecule has 0 heteroatoms. The third-order valence-electron chi connectivity index (χ3n) is 1.99. The molecule has 0 saturated carbocycles. The molecule has 0 heterocycles. The van der Waals surface area contributed by atoms with Crippen molar-refractivity contribution >= 4 is 0 Å². The molecule has 0 saturated heterocycles. The Balaban J connectivity index is 3.28. The van der Waals surface area contributed by atoms with Crippen molar-refractivity contribution in [3.8, 4) is 0 Å². The minimum atomic E-state index is 1.27. The van der Waals surface area contributed by atoms with Gasteiger partial charge in [-0.25, -0.2) is 0 Å². The van der Waals surface area contributed by atoms with E-state index in [2.05, 4.69) is 39.8 Å². The average molecular weight is 133 g/mol. The van der Waals surface area contributed by atoms with Crippen molar-refractivity contribution in [2.24, 2.45) is 0 Å². The van der Waals surface area contributed by atoms with Gasteiger partial charge in [-0.1, -0.05) is 6.07 Å². The van der Waals surface area contributed by atoms with Gasteiger partial charge < -0.3 is 0 Å². The van der Waals surface area contributed by atoms with Gasteiger partial charge in [-0.05, 0) is 56.0 Å². The second kappa shape index (κ2) is 2.45. The fourth-order valence-electron chi connectivity index (χ4n) is 1.02. The summed E-state index contributed by atoms with van der Waals surface area (Å²) in [5.41, 5.74) is 5.21. The standard InChI is InChI=1S/C10H13/c1-7-5-9(3)10(4)6-8(7)2/h5H,1-4H3. The molecule has 1 radical (unpaired) electrons. The summed E-state index contributed by atoms with van der Waals surface area (Å²) < 4.78 is 0. The van der Waals surface area contributed by atoms with E-state index in [1.54, 1.807) is 0 Å². The monoisotopic (exact) mass is 133 g/mol. The van der Waals surface area contributed by atoms with Gasteiger partial charge in [0, 0.05) is 0 Å². The summed E-state index contributed by atoms with van der Waals surface area (Å²) in [7, 11) is 0. The summed E-state index contributed by atoms with van der Waals surface area (Å²) in [4.78, 5) is 0. The molecule has 0 unspecified atom stereocenters. The molecule has 0 bridgehead atoms. The van der Waals surface area contributed by atoms with Crippen LogP contribution in [-0.2, 0) is 0 Å². The van der Waals surface area contributed by atoms with E-state index in [-0.39, 0.29) is 0 Å². The zero-order valence-electron chi connectivity index (χ0n) is 7.08. The van der Waals surface area contributed by atoms with Crippen LogP contribution >= 0.6 is 0 Å². The van der Waals surface area contributed by atoms with Gasteiger partial charge >= 0.3 is 0 Å². The van der Waals surface area contributed by atoms with Gasteiger partial charge in [-0.3, -0.25) is 0 Å². The van der Waals surface area contributed by atoms with Gasteiger partial charge in [0.05, 0.1) is 0 Å². The maximum atomic E-state index is 3.31. The van der Waals surface area contributed by atoms with Crippen molar-refractivity contribution in [1.29, 1.82) is 0 Å². The minimum Gasteiger partial charge on any atom is -0.0558 e. The van der Waals surface area contributed by atoms with Crippen LogP contribution in [0.15, 0.2) is 6.07 Å². The van der Waals surface area contributed by atoms with Gasteiger partial charge in [-0.15, -0.1) is 0 Å². The third kappa shape index (κ3) is 1.21. The predicted octanol–water partition coefficient (Wildman–Crippen LogP) is 2.72. The molecule has 0 aromatic heterocycles. The van der Waals surface area contributed by atoms with Crippen LogP contribution in [0.5, 0.6) is 0 Å². The number of hydrogen-bond acceptors (Lipinski definition) is 0. The average Bonchev–Trinajstić information content (AvgIpc) is 1.84. The van der Waals surface area contributed by atoms with Crippen LogP contribution in [0.2, 0.25) is 0 Å². The Kier molecular flexibility index (Phi) is 1.80. The highest BCUT2D eigenvalue weighted by Crippen LogP contribution is 2.12. The SMILES string of the molecule is Cc1[c]c(C)c(C)cc1C. The largest absolute Gasteiger partial charge is 0.0558 e. The quantitative estimate of drug-likeness (QED) is 0.510. The molecule has 1 rings (SSSR count). The number of benzene rings is 1. The molecule has 0 N–H and O–H groups in total. The minimum absolute atomic E-state index is 1.27. The number of rotatable bonds is 0. The summed E-state index contributed by atoms with van der Waals surface area (Å²) >= 11 is 0. The predicted molar refractivity (Wildman–Crippen MR) is 44.2 cm³/mol. The molecule has 10 heavy (non-hydrogen) atoms. The smallest absolute Gasteiger partial charge is 0.0115 e. The molecular formula is C10H13. The van der Waals surface area contributed by atoms with Crippen LogP contribution in [0.1, 0.15) is 22.3 Å². The normalized spacial score (nSPS) is 10.0. The summed E-state index contributed by atoms with van der Waals surface area (Å²) in [6.45, 7) is 8.44. The highest BCUT2D eigenvalue weighted by molar-refractivity contribution is 5.34. The van der Waals surface area contributed by atoms with Gasteiger partial charge in [-0.2, -0.15) is 0 Å². The summed E-state index contributed by atoms with van der Waals surface area (Å²) in [5.74, 6) is 0. The Morgan fingerprint density at radius 1 is 0.900 bits per heavy atom. The zero-order valence-corrected chi connectivity index (χ0v) is 7.08. The van der Waals surface area contributed by atoms with Crippen molar-refractivity contribution in [2.45, 2.75) is 27.7 Å². The lowest BCUT2D eigenvalue weighted by molar-refractivity contribution is 1.23. The number of aryl methyl sites for hydroxylation is 4. The zero-order chi connectivity index (χ0) is 7.72. The van der Waals surface area contributed by atoms with Crippen LogP contribution in [0.4, 0.5) is 0 Å². The van der Waals surface area contributed by atoms with Crippen molar-refractivity contribution in [1.82, 2.24) is 0 Å².